The van der Waals surface area contributed by atoms with E-state index in [1.54, 1.807) is 18.2 Å². The Kier molecular flexibility index (Phi) is 7.03. The van der Waals surface area contributed by atoms with Crippen molar-refractivity contribution in [2.24, 2.45) is 0 Å². The molecule has 178 valence electrons. The molecule has 2 aromatic carbocycles. The Morgan fingerprint density at radius 2 is 2.00 bits per heavy atom. The minimum Gasteiger partial charge on any atom is -0.465 e. The Labute approximate surface area is 204 Å². The van der Waals surface area contributed by atoms with Gasteiger partial charge in [0.05, 0.1) is 23.2 Å². The fourth-order valence-electron chi connectivity index (χ4n) is 4.41. The zero-order valence-corrected chi connectivity index (χ0v) is 20.1. The number of nitrogen functional groups attached to an aromatic ring is 1. The van der Waals surface area contributed by atoms with Gasteiger partial charge in [-0.05, 0) is 57.5 Å². The fourth-order valence-corrected chi connectivity index (χ4v) is 4.41. The van der Waals surface area contributed by atoms with Crippen molar-refractivity contribution in [1.29, 1.82) is 5.26 Å². The molecule has 0 bridgehead atoms. The lowest BCUT2D eigenvalue weighted by atomic mass is 10.0. The van der Waals surface area contributed by atoms with Crippen molar-refractivity contribution in [1.82, 2.24) is 14.9 Å². The molecule has 1 aliphatic heterocycles. The highest BCUT2D eigenvalue weighted by Gasteiger charge is 2.38. The molecule has 3 aromatic rings. The first kappa shape index (κ1) is 24.9. The van der Waals surface area contributed by atoms with Crippen LogP contribution in [0.25, 0.3) is 10.9 Å². The predicted molar refractivity (Wildman–Crippen MR) is 136 cm³/mol. The van der Waals surface area contributed by atoms with Gasteiger partial charge in [0.1, 0.15) is 5.82 Å². The molecule has 0 saturated carbocycles. The number of nitrogens with zero attached hydrogens (tertiary/aromatic N) is 5. The van der Waals surface area contributed by atoms with E-state index < -0.39 is 11.6 Å². The molecule has 4 rings (SSSR count). The molecular weight excluding hydrogens is 454 g/mol. The molecule has 1 atom stereocenters. The number of aromatic nitrogens is 2. The number of anilines is 4. The summed E-state index contributed by atoms with van der Waals surface area (Å²) in [6.45, 7) is 6.95. The highest BCUT2D eigenvalue weighted by atomic mass is 35.5. The molecule has 1 fully saturated rings. The van der Waals surface area contributed by atoms with Crippen LogP contribution < -0.4 is 16.0 Å². The minimum atomic E-state index is -0.917. The Balaban J connectivity index is 0.00000324. The topological polar surface area (TPSA) is 131 Å². The molecule has 10 heteroatoms. The normalized spacial score (nSPS) is 15.5. The first-order valence-corrected chi connectivity index (χ1v) is 10.8. The number of nitrogens with two attached hydrogens (primary N) is 1. The van der Waals surface area contributed by atoms with Crippen LogP contribution in [0.2, 0.25) is 0 Å². The SMILES string of the molecule is CC(C)(C)N(C(=O)O)[C@H]1CCN(c2nc(Nc3cc(N)cc(C#N)c3)nc3ccccc23)C1.Cl. The van der Waals surface area contributed by atoms with Gasteiger partial charge < -0.3 is 21.1 Å². The van der Waals surface area contributed by atoms with Crippen molar-refractivity contribution in [3.63, 3.8) is 0 Å². The molecule has 1 aliphatic rings. The van der Waals surface area contributed by atoms with Crippen molar-refractivity contribution >= 4 is 52.5 Å². The number of amides is 1. The second-order valence-corrected chi connectivity index (χ2v) is 9.18. The van der Waals surface area contributed by atoms with Crippen LogP contribution in [0.15, 0.2) is 42.5 Å². The lowest BCUT2D eigenvalue weighted by molar-refractivity contribution is 0.0763. The van der Waals surface area contributed by atoms with E-state index in [9.17, 15) is 15.2 Å². The van der Waals surface area contributed by atoms with Crippen molar-refractivity contribution in [3.8, 4) is 6.07 Å². The van der Waals surface area contributed by atoms with Gasteiger partial charge in [0, 0.05) is 35.4 Å². The number of hydrogen-bond acceptors (Lipinski definition) is 7. The van der Waals surface area contributed by atoms with Crippen LogP contribution in [-0.2, 0) is 0 Å². The number of halogens is 1. The molecule has 0 radical (unpaired) electrons. The summed E-state index contributed by atoms with van der Waals surface area (Å²) >= 11 is 0. The molecule has 2 heterocycles. The Bertz CT molecular complexity index is 1250. The minimum absolute atomic E-state index is 0. The summed E-state index contributed by atoms with van der Waals surface area (Å²) in [6.07, 6.45) is -0.204. The fraction of sp³-hybridized carbons (Fsp3) is 0.333. The summed E-state index contributed by atoms with van der Waals surface area (Å²) < 4.78 is 0. The number of nitrogens with one attached hydrogen (secondary N) is 1. The standard InChI is InChI=1S/C24H27N7O2.ClH/c1-24(2,3)31(23(32)33)18-8-9-30(14-18)21-19-6-4-5-7-20(19)28-22(29-21)27-17-11-15(13-25)10-16(26)12-17;/h4-7,10-12,18H,8-9,14,26H2,1-3H3,(H,32,33)(H,27,28,29);1H/t18-;/m0./s1. The maximum Gasteiger partial charge on any atom is 0.408 e. The average molecular weight is 482 g/mol. The third-order valence-corrected chi connectivity index (χ3v) is 5.68. The van der Waals surface area contributed by atoms with E-state index in [0.29, 0.717) is 42.4 Å². The molecule has 0 spiro atoms. The number of nitriles is 1. The third-order valence-electron chi connectivity index (χ3n) is 5.68. The highest BCUT2D eigenvalue weighted by molar-refractivity contribution is 5.91. The van der Waals surface area contributed by atoms with E-state index in [0.717, 1.165) is 16.7 Å². The van der Waals surface area contributed by atoms with Crippen LogP contribution in [0.3, 0.4) is 0 Å². The van der Waals surface area contributed by atoms with Crippen molar-refractivity contribution in [3.05, 3.63) is 48.0 Å². The number of hydrogen-bond donors (Lipinski definition) is 3. The van der Waals surface area contributed by atoms with Crippen molar-refractivity contribution < 1.29 is 9.90 Å². The van der Waals surface area contributed by atoms with Crippen molar-refractivity contribution in [2.75, 3.05) is 29.0 Å². The molecule has 9 nitrogen and oxygen atoms in total. The van der Waals surface area contributed by atoms with E-state index in [2.05, 4.69) is 21.3 Å². The molecule has 1 aromatic heterocycles. The summed E-state index contributed by atoms with van der Waals surface area (Å²) in [6, 6.07) is 14.7. The average Bonchev–Trinajstić information content (AvgIpc) is 3.20. The Morgan fingerprint density at radius 3 is 2.68 bits per heavy atom. The quantitative estimate of drug-likeness (QED) is 0.460. The molecule has 4 N–H and O–H groups in total. The van der Waals surface area contributed by atoms with E-state index >= 15 is 0 Å². The van der Waals surface area contributed by atoms with E-state index in [1.807, 2.05) is 45.0 Å². The van der Waals surface area contributed by atoms with E-state index in [1.165, 1.54) is 4.90 Å². The lowest BCUT2D eigenvalue weighted by Gasteiger charge is -2.38. The summed E-state index contributed by atoms with van der Waals surface area (Å²) in [5.41, 5.74) is 7.72. The van der Waals surface area contributed by atoms with Crippen LogP contribution in [0.1, 0.15) is 32.8 Å². The number of fused-ring (bicyclic) bond motifs is 1. The monoisotopic (exact) mass is 481 g/mol. The van der Waals surface area contributed by atoms with Gasteiger partial charge in [0.2, 0.25) is 5.95 Å². The van der Waals surface area contributed by atoms with Crippen LogP contribution >= 0.6 is 12.4 Å². The largest absolute Gasteiger partial charge is 0.465 e. The predicted octanol–water partition coefficient (Wildman–Crippen LogP) is 4.61. The second kappa shape index (κ2) is 9.61. The van der Waals surface area contributed by atoms with Gasteiger partial charge in [-0.2, -0.15) is 10.2 Å². The van der Waals surface area contributed by atoms with Gasteiger partial charge in [0.15, 0.2) is 0 Å². The van der Waals surface area contributed by atoms with Gasteiger partial charge in [-0.3, -0.25) is 4.90 Å². The number of benzene rings is 2. The van der Waals surface area contributed by atoms with Gasteiger partial charge in [-0.25, -0.2) is 9.78 Å². The van der Waals surface area contributed by atoms with Crippen LogP contribution in [0.4, 0.5) is 27.9 Å². The van der Waals surface area contributed by atoms with Gasteiger partial charge in [-0.1, -0.05) is 12.1 Å². The first-order valence-electron chi connectivity index (χ1n) is 10.8. The first-order chi connectivity index (χ1) is 15.7. The summed E-state index contributed by atoms with van der Waals surface area (Å²) in [5.74, 6) is 1.13. The summed E-state index contributed by atoms with van der Waals surface area (Å²) in [7, 11) is 0. The molecule has 1 saturated heterocycles. The maximum atomic E-state index is 12.0. The maximum absolute atomic E-state index is 12.0. The molecular formula is C24H28ClN7O2. The summed E-state index contributed by atoms with van der Waals surface area (Å²) in [5, 5.41) is 23.1. The van der Waals surface area contributed by atoms with Crippen LogP contribution in [0.5, 0.6) is 0 Å². The summed E-state index contributed by atoms with van der Waals surface area (Å²) in [4.78, 5) is 25.0. The Morgan fingerprint density at radius 1 is 1.26 bits per heavy atom. The third kappa shape index (κ3) is 5.07. The number of carboxylic acid groups (broad SMARTS) is 1. The van der Waals surface area contributed by atoms with Crippen LogP contribution in [0, 0.1) is 11.3 Å². The van der Waals surface area contributed by atoms with Gasteiger partial charge >= 0.3 is 6.09 Å². The van der Waals surface area contributed by atoms with Gasteiger partial charge in [-0.15, -0.1) is 12.4 Å². The second-order valence-electron chi connectivity index (χ2n) is 9.18. The van der Waals surface area contributed by atoms with E-state index in [4.69, 9.17) is 10.7 Å². The van der Waals surface area contributed by atoms with E-state index in [-0.39, 0.29) is 18.4 Å². The molecule has 34 heavy (non-hydrogen) atoms. The smallest absolute Gasteiger partial charge is 0.408 e. The molecule has 1 amide bonds. The van der Waals surface area contributed by atoms with Crippen molar-refractivity contribution in [2.45, 2.75) is 38.8 Å². The Hall–Kier alpha value is -3.77. The zero-order valence-electron chi connectivity index (χ0n) is 19.3. The molecule has 0 unspecified atom stereocenters. The number of carbonyl (C=O) groups is 1. The van der Waals surface area contributed by atoms with Gasteiger partial charge in [0.25, 0.3) is 0 Å². The highest BCUT2D eigenvalue weighted by Crippen LogP contribution is 2.32. The number of para-hydroxylation sites is 1. The molecule has 0 aliphatic carbocycles. The van der Waals surface area contributed by atoms with Crippen LogP contribution in [-0.4, -0.2) is 50.7 Å². The number of rotatable bonds is 4. The lowest BCUT2D eigenvalue weighted by Crippen LogP contribution is -2.52. The zero-order chi connectivity index (χ0) is 23.8.